The van der Waals surface area contributed by atoms with Crippen molar-refractivity contribution in [1.29, 1.82) is 0 Å². The zero-order valence-corrected chi connectivity index (χ0v) is 9.60. The molecule has 1 heterocycles. The number of hydrogen-bond acceptors (Lipinski definition) is 4. The molecule has 1 fully saturated rings. The first-order valence-corrected chi connectivity index (χ1v) is 5.61. The Balaban J connectivity index is 2.24. The van der Waals surface area contributed by atoms with Gasteiger partial charge in [0.25, 0.3) is 5.69 Å². The molecule has 18 heavy (non-hydrogen) atoms. The summed E-state index contributed by atoms with van der Waals surface area (Å²) in [5, 5.41) is 10.8. The fourth-order valence-corrected chi connectivity index (χ4v) is 2.03. The van der Waals surface area contributed by atoms with Crippen LogP contribution in [0.25, 0.3) is 0 Å². The van der Waals surface area contributed by atoms with E-state index in [1.807, 2.05) is 0 Å². The number of ketones is 1. The second kappa shape index (κ2) is 5.22. The standard InChI is InChI=1S/C12H12FNO4/c13-10-1-2-11(14(16)17)8(6-10)5-9-7-18-4-3-12(9)15/h1-2,6,9H,3-5,7H2. The summed E-state index contributed by atoms with van der Waals surface area (Å²) in [6.07, 6.45) is 0.459. The fraction of sp³-hybridized carbons (Fsp3) is 0.417. The van der Waals surface area contributed by atoms with Crippen molar-refractivity contribution in [3.8, 4) is 0 Å². The van der Waals surface area contributed by atoms with Gasteiger partial charge in [-0.1, -0.05) is 0 Å². The van der Waals surface area contributed by atoms with Crippen LogP contribution in [0.15, 0.2) is 18.2 Å². The van der Waals surface area contributed by atoms with Crippen LogP contribution in [-0.4, -0.2) is 23.9 Å². The SMILES string of the molecule is O=C1CCOCC1Cc1cc(F)ccc1[N+](=O)[O-]. The van der Waals surface area contributed by atoms with Crippen molar-refractivity contribution < 1.29 is 18.8 Å². The molecule has 1 atom stereocenters. The molecule has 0 saturated carbocycles. The summed E-state index contributed by atoms with van der Waals surface area (Å²) < 4.78 is 18.3. The van der Waals surface area contributed by atoms with Gasteiger partial charge in [0.05, 0.1) is 18.1 Å². The first-order chi connectivity index (χ1) is 8.58. The first kappa shape index (κ1) is 12.6. The molecule has 1 aromatic carbocycles. The monoisotopic (exact) mass is 253 g/mol. The largest absolute Gasteiger partial charge is 0.380 e. The lowest BCUT2D eigenvalue weighted by Crippen LogP contribution is -2.29. The molecule has 0 aromatic heterocycles. The third-order valence-electron chi connectivity index (χ3n) is 2.97. The summed E-state index contributed by atoms with van der Waals surface area (Å²) in [6, 6.07) is 3.28. The zero-order valence-electron chi connectivity index (χ0n) is 9.60. The molecular formula is C12H12FNO4. The summed E-state index contributed by atoms with van der Waals surface area (Å²) in [4.78, 5) is 21.9. The summed E-state index contributed by atoms with van der Waals surface area (Å²) in [5.41, 5.74) is 0.0821. The average molecular weight is 253 g/mol. The van der Waals surface area contributed by atoms with E-state index in [4.69, 9.17) is 4.74 Å². The van der Waals surface area contributed by atoms with Crippen LogP contribution < -0.4 is 0 Å². The maximum absolute atomic E-state index is 13.1. The van der Waals surface area contributed by atoms with Crippen LogP contribution in [0.1, 0.15) is 12.0 Å². The van der Waals surface area contributed by atoms with E-state index < -0.39 is 16.7 Å². The molecule has 0 amide bonds. The minimum Gasteiger partial charge on any atom is -0.380 e. The number of ether oxygens (including phenoxy) is 1. The summed E-state index contributed by atoms with van der Waals surface area (Å²) in [5.74, 6) is -0.946. The van der Waals surface area contributed by atoms with Gasteiger partial charge in [0, 0.05) is 24.0 Å². The van der Waals surface area contributed by atoms with Gasteiger partial charge >= 0.3 is 0 Å². The van der Waals surface area contributed by atoms with Gasteiger partial charge in [0.15, 0.2) is 0 Å². The molecule has 1 aromatic rings. The van der Waals surface area contributed by atoms with Crippen LogP contribution in [0.3, 0.4) is 0 Å². The van der Waals surface area contributed by atoms with Crippen molar-refractivity contribution in [3.63, 3.8) is 0 Å². The van der Waals surface area contributed by atoms with Gasteiger partial charge < -0.3 is 4.74 Å². The number of nitro benzene ring substituents is 1. The maximum Gasteiger partial charge on any atom is 0.272 e. The molecule has 6 heteroatoms. The van der Waals surface area contributed by atoms with E-state index in [9.17, 15) is 19.3 Å². The first-order valence-electron chi connectivity index (χ1n) is 5.61. The predicted octanol–water partition coefficient (Wildman–Crippen LogP) is 1.88. The van der Waals surface area contributed by atoms with Crippen LogP contribution in [0.2, 0.25) is 0 Å². The van der Waals surface area contributed by atoms with Crippen LogP contribution in [0, 0.1) is 21.8 Å². The maximum atomic E-state index is 13.1. The molecular weight excluding hydrogens is 241 g/mol. The molecule has 0 aliphatic carbocycles. The van der Waals surface area contributed by atoms with Crippen molar-refractivity contribution in [2.75, 3.05) is 13.2 Å². The highest BCUT2D eigenvalue weighted by Gasteiger charge is 2.26. The molecule has 1 unspecified atom stereocenters. The number of hydrogen-bond donors (Lipinski definition) is 0. The van der Waals surface area contributed by atoms with Crippen molar-refractivity contribution in [1.82, 2.24) is 0 Å². The van der Waals surface area contributed by atoms with Crippen LogP contribution >= 0.6 is 0 Å². The number of benzene rings is 1. The molecule has 5 nitrogen and oxygen atoms in total. The highest BCUT2D eigenvalue weighted by Crippen LogP contribution is 2.24. The Bertz CT molecular complexity index is 489. The Labute approximate surface area is 103 Å². The van der Waals surface area contributed by atoms with E-state index in [0.717, 1.165) is 18.2 Å². The quantitative estimate of drug-likeness (QED) is 0.609. The highest BCUT2D eigenvalue weighted by molar-refractivity contribution is 5.82. The van der Waals surface area contributed by atoms with Gasteiger partial charge in [-0.2, -0.15) is 0 Å². The molecule has 2 rings (SSSR count). The fourth-order valence-electron chi connectivity index (χ4n) is 2.03. The second-order valence-corrected chi connectivity index (χ2v) is 4.22. The Hall–Kier alpha value is -1.82. The molecule has 0 bridgehead atoms. The smallest absolute Gasteiger partial charge is 0.272 e. The van der Waals surface area contributed by atoms with E-state index in [1.54, 1.807) is 0 Å². The Kier molecular flexibility index (Phi) is 3.66. The molecule has 1 aliphatic rings. The molecule has 0 spiro atoms. The van der Waals surface area contributed by atoms with E-state index in [0.29, 0.717) is 13.0 Å². The number of halogens is 1. The Morgan fingerprint density at radius 1 is 1.50 bits per heavy atom. The number of nitrogens with zero attached hydrogens (tertiary/aromatic N) is 1. The number of carbonyl (C=O) groups excluding carboxylic acids is 1. The molecule has 0 N–H and O–H groups in total. The summed E-state index contributed by atoms with van der Waals surface area (Å²) in [7, 11) is 0. The number of rotatable bonds is 3. The van der Waals surface area contributed by atoms with Gasteiger partial charge in [0.1, 0.15) is 11.6 Å². The van der Waals surface area contributed by atoms with Crippen LogP contribution in [-0.2, 0) is 16.0 Å². The van der Waals surface area contributed by atoms with E-state index >= 15 is 0 Å². The van der Waals surface area contributed by atoms with Gasteiger partial charge in [-0.3, -0.25) is 14.9 Å². The number of Topliss-reactive ketones (excluding diaryl/α,β-unsaturated/α-hetero) is 1. The van der Waals surface area contributed by atoms with Gasteiger partial charge in [0.2, 0.25) is 0 Å². The predicted molar refractivity (Wildman–Crippen MR) is 60.7 cm³/mol. The van der Waals surface area contributed by atoms with Crippen molar-refractivity contribution >= 4 is 11.5 Å². The van der Waals surface area contributed by atoms with E-state index in [2.05, 4.69) is 0 Å². The third-order valence-corrected chi connectivity index (χ3v) is 2.97. The van der Waals surface area contributed by atoms with Gasteiger partial charge in [-0.15, -0.1) is 0 Å². The Morgan fingerprint density at radius 3 is 2.94 bits per heavy atom. The topological polar surface area (TPSA) is 69.4 Å². The second-order valence-electron chi connectivity index (χ2n) is 4.22. The highest BCUT2D eigenvalue weighted by atomic mass is 19.1. The molecule has 1 aliphatic heterocycles. The van der Waals surface area contributed by atoms with Crippen molar-refractivity contribution in [2.24, 2.45) is 5.92 Å². The van der Waals surface area contributed by atoms with Crippen molar-refractivity contribution in [3.05, 3.63) is 39.7 Å². The molecule has 1 saturated heterocycles. The lowest BCUT2D eigenvalue weighted by molar-refractivity contribution is -0.385. The Morgan fingerprint density at radius 2 is 2.28 bits per heavy atom. The minimum atomic E-state index is -0.567. The lowest BCUT2D eigenvalue weighted by Gasteiger charge is -2.20. The van der Waals surface area contributed by atoms with E-state index in [-0.39, 0.29) is 30.1 Å². The van der Waals surface area contributed by atoms with Gasteiger partial charge in [-0.25, -0.2) is 4.39 Å². The summed E-state index contributed by atoms with van der Waals surface area (Å²) >= 11 is 0. The average Bonchev–Trinajstić information content (AvgIpc) is 2.32. The summed E-state index contributed by atoms with van der Waals surface area (Å²) in [6.45, 7) is 0.632. The van der Waals surface area contributed by atoms with E-state index in [1.165, 1.54) is 0 Å². The zero-order chi connectivity index (χ0) is 13.1. The molecule has 0 radical (unpaired) electrons. The van der Waals surface area contributed by atoms with Crippen LogP contribution in [0.4, 0.5) is 10.1 Å². The lowest BCUT2D eigenvalue weighted by atomic mass is 9.92. The van der Waals surface area contributed by atoms with Gasteiger partial charge in [-0.05, 0) is 18.6 Å². The van der Waals surface area contributed by atoms with Crippen LogP contribution in [0.5, 0.6) is 0 Å². The normalized spacial score (nSPS) is 19.8. The molecule has 96 valence electrons. The number of carbonyl (C=O) groups is 1. The number of nitro groups is 1. The minimum absolute atomic E-state index is 0.0137. The van der Waals surface area contributed by atoms with Crippen molar-refractivity contribution in [2.45, 2.75) is 12.8 Å². The third kappa shape index (κ3) is 2.70.